The molecule has 6 nitrogen and oxygen atoms in total. The third-order valence-electron chi connectivity index (χ3n) is 6.94. The normalized spacial score (nSPS) is 25.1. The summed E-state index contributed by atoms with van der Waals surface area (Å²) in [6.45, 7) is 6.25. The van der Waals surface area contributed by atoms with Crippen LogP contribution in [0, 0.1) is 5.92 Å². The van der Waals surface area contributed by atoms with E-state index in [1.165, 1.54) is 5.56 Å². The van der Waals surface area contributed by atoms with Crippen LogP contribution < -0.4 is 10.2 Å². The first-order valence-corrected chi connectivity index (χ1v) is 12.0. The summed E-state index contributed by atoms with van der Waals surface area (Å²) < 4.78 is 11.6. The smallest absolute Gasteiger partial charge is 0.230 e. The number of nitrogens with one attached hydrogen (secondary N) is 1. The van der Waals surface area contributed by atoms with Crippen LogP contribution in [0.15, 0.2) is 36.5 Å². The SMILES string of the molecule is CC(C)O[C@H]1CC[C@H](C(=O)N2Cc3cccnc3Nc3ccc(C4CCOC4)cc32)CC1. The maximum atomic E-state index is 13.9. The Morgan fingerprint density at radius 1 is 1.19 bits per heavy atom. The summed E-state index contributed by atoms with van der Waals surface area (Å²) in [5.41, 5.74) is 4.18. The van der Waals surface area contributed by atoms with E-state index in [1.54, 1.807) is 6.20 Å². The molecule has 2 aliphatic heterocycles. The predicted molar refractivity (Wildman–Crippen MR) is 125 cm³/mol. The summed E-state index contributed by atoms with van der Waals surface area (Å²) in [4.78, 5) is 20.4. The van der Waals surface area contributed by atoms with Gasteiger partial charge in [-0.25, -0.2) is 4.98 Å². The minimum Gasteiger partial charge on any atom is -0.381 e. The largest absolute Gasteiger partial charge is 0.381 e. The van der Waals surface area contributed by atoms with Crippen molar-refractivity contribution in [1.82, 2.24) is 4.98 Å². The molecule has 0 bridgehead atoms. The highest BCUT2D eigenvalue weighted by molar-refractivity contribution is 5.99. The Morgan fingerprint density at radius 3 is 2.78 bits per heavy atom. The van der Waals surface area contributed by atoms with Crippen molar-refractivity contribution < 1.29 is 14.3 Å². The van der Waals surface area contributed by atoms with Crippen LogP contribution in [0.3, 0.4) is 0 Å². The molecule has 3 aliphatic rings. The molecule has 170 valence electrons. The van der Waals surface area contributed by atoms with Crippen LogP contribution >= 0.6 is 0 Å². The lowest BCUT2D eigenvalue weighted by Crippen LogP contribution is -2.38. The third kappa shape index (κ3) is 4.39. The van der Waals surface area contributed by atoms with Crippen molar-refractivity contribution in [3.05, 3.63) is 47.7 Å². The van der Waals surface area contributed by atoms with Crippen molar-refractivity contribution >= 4 is 23.1 Å². The fourth-order valence-corrected chi connectivity index (χ4v) is 5.24. The van der Waals surface area contributed by atoms with Crippen LogP contribution in [-0.2, 0) is 20.8 Å². The van der Waals surface area contributed by atoms with E-state index in [9.17, 15) is 4.79 Å². The number of carbonyl (C=O) groups excluding carboxylic acids is 1. The Hall–Kier alpha value is -2.44. The van der Waals surface area contributed by atoms with E-state index in [-0.39, 0.29) is 24.0 Å². The molecule has 2 fully saturated rings. The van der Waals surface area contributed by atoms with E-state index in [0.29, 0.717) is 12.5 Å². The highest BCUT2D eigenvalue weighted by atomic mass is 16.5. The zero-order valence-corrected chi connectivity index (χ0v) is 19.0. The maximum Gasteiger partial charge on any atom is 0.230 e. The topological polar surface area (TPSA) is 63.7 Å². The number of hydrogen-bond acceptors (Lipinski definition) is 5. The number of nitrogens with zero attached hydrogens (tertiary/aromatic N) is 2. The van der Waals surface area contributed by atoms with Crippen LogP contribution in [0.25, 0.3) is 0 Å². The number of anilines is 3. The highest BCUT2D eigenvalue weighted by Crippen LogP contribution is 2.40. The maximum absolute atomic E-state index is 13.9. The van der Waals surface area contributed by atoms with Gasteiger partial charge in [0.2, 0.25) is 5.91 Å². The Balaban J connectivity index is 1.44. The molecule has 5 rings (SSSR count). The second-order valence-electron chi connectivity index (χ2n) is 9.56. The van der Waals surface area contributed by atoms with Gasteiger partial charge in [0, 0.05) is 30.2 Å². The average Bonchev–Trinajstić information content (AvgIpc) is 3.28. The number of hydrogen-bond donors (Lipinski definition) is 1. The number of benzene rings is 1. The van der Waals surface area contributed by atoms with Crippen molar-refractivity contribution in [2.24, 2.45) is 5.92 Å². The summed E-state index contributed by atoms with van der Waals surface area (Å²) in [5.74, 6) is 1.47. The minimum absolute atomic E-state index is 0.0338. The molecule has 1 unspecified atom stereocenters. The van der Waals surface area contributed by atoms with Crippen LogP contribution in [0.1, 0.15) is 63.0 Å². The van der Waals surface area contributed by atoms with E-state index in [0.717, 1.165) is 68.1 Å². The summed E-state index contributed by atoms with van der Waals surface area (Å²) >= 11 is 0. The van der Waals surface area contributed by atoms with Gasteiger partial charge in [0.1, 0.15) is 5.82 Å². The van der Waals surface area contributed by atoms with E-state index in [4.69, 9.17) is 9.47 Å². The zero-order valence-electron chi connectivity index (χ0n) is 19.0. The molecule has 1 amide bonds. The quantitative estimate of drug-likeness (QED) is 0.719. The Bertz CT molecular complexity index is 963. The van der Waals surface area contributed by atoms with Gasteiger partial charge in [0.25, 0.3) is 0 Å². The summed E-state index contributed by atoms with van der Waals surface area (Å²) in [7, 11) is 0. The number of carbonyl (C=O) groups is 1. The third-order valence-corrected chi connectivity index (χ3v) is 6.94. The standard InChI is InChI=1S/C26H33N3O3/c1-17(2)32-22-8-5-18(6-9-22)26(30)29-15-20-4-3-12-27-25(20)28-23-10-7-19(14-24(23)29)21-11-13-31-16-21/h3-4,7,10,12,14,17-18,21-22H,5-6,8-9,11,13,15-16H2,1-2H3,(H,27,28)/t18-,21?,22-. The molecule has 0 radical (unpaired) electrons. The van der Waals surface area contributed by atoms with Crippen molar-refractivity contribution in [1.29, 1.82) is 0 Å². The number of fused-ring (bicyclic) bond motifs is 2. The average molecular weight is 436 g/mol. The monoisotopic (exact) mass is 435 g/mol. The fraction of sp³-hybridized carbons (Fsp3) is 0.538. The Kier molecular flexibility index (Phi) is 6.15. The fourth-order valence-electron chi connectivity index (χ4n) is 5.24. The first kappa shape index (κ1) is 21.4. The van der Waals surface area contributed by atoms with Gasteiger partial charge in [0.05, 0.1) is 36.7 Å². The van der Waals surface area contributed by atoms with Crippen molar-refractivity contribution in [3.8, 4) is 0 Å². The second kappa shape index (κ2) is 9.20. The molecular weight excluding hydrogens is 402 g/mol. The van der Waals surface area contributed by atoms with Crippen molar-refractivity contribution in [3.63, 3.8) is 0 Å². The van der Waals surface area contributed by atoms with Gasteiger partial charge in [-0.05, 0) is 69.7 Å². The van der Waals surface area contributed by atoms with Crippen molar-refractivity contribution in [2.75, 3.05) is 23.4 Å². The summed E-state index contributed by atoms with van der Waals surface area (Å²) in [5, 5.41) is 3.48. The molecule has 1 saturated heterocycles. The molecule has 1 N–H and O–H groups in total. The Morgan fingerprint density at radius 2 is 2.03 bits per heavy atom. The molecular formula is C26H33N3O3. The van der Waals surface area contributed by atoms with Crippen LogP contribution in [0.5, 0.6) is 0 Å². The van der Waals surface area contributed by atoms with E-state index < -0.39 is 0 Å². The first-order chi connectivity index (χ1) is 15.6. The zero-order chi connectivity index (χ0) is 22.1. The molecule has 3 heterocycles. The molecule has 1 saturated carbocycles. The Labute approximate surface area is 190 Å². The lowest BCUT2D eigenvalue weighted by molar-refractivity contribution is -0.124. The number of pyridine rings is 1. The van der Waals surface area contributed by atoms with Gasteiger partial charge in [-0.1, -0.05) is 12.1 Å². The van der Waals surface area contributed by atoms with Gasteiger partial charge in [-0.15, -0.1) is 0 Å². The van der Waals surface area contributed by atoms with Gasteiger partial charge < -0.3 is 19.7 Å². The van der Waals surface area contributed by atoms with E-state index in [2.05, 4.69) is 48.4 Å². The van der Waals surface area contributed by atoms with E-state index in [1.807, 2.05) is 11.0 Å². The summed E-state index contributed by atoms with van der Waals surface area (Å²) in [6.07, 6.45) is 6.99. The molecule has 2 aromatic rings. The number of ether oxygens (including phenoxy) is 2. The molecule has 1 aromatic heterocycles. The van der Waals surface area contributed by atoms with Crippen LogP contribution in [0.2, 0.25) is 0 Å². The number of aromatic nitrogens is 1. The lowest BCUT2D eigenvalue weighted by Gasteiger charge is -2.33. The predicted octanol–water partition coefficient (Wildman–Crippen LogP) is 5.16. The van der Waals surface area contributed by atoms with Crippen LogP contribution in [-0.4, -0.2) is 36.3 Å². The molecule has 6 heteroatoms. The lowest BCUT2D eigenvalue weighted by atomic mass is 9.86. The summed E-state index contributed by atoms with van der Waals surface area (Å²) in [6, 6.07) is 10.4. The molecule has 1 aromatic carbocycles. The molecule has 0 spiro atoms. The molecule has 1 atom stereocenters. The van der Waals surface area contributed by atoms with E-state index >= 15 is 0 Å². The molecule has 32 heavy (non-hydrogen) atoms. The van der Waals surface area contributed by atoms with Gasteiger partial charge >= 0.3 is 0 Å². The first-order valence-electron chi connectivity index (χ1n) is 12.0. The molecule has 1 aliphatic carbocycles. The van der Waals surface area contributed by atoms with Gasteiger partial charge in [0.15, 0.2) is 0 Å². The highest BCUT2D eigenvalue weighted by Gasteiger charge is 2.33. The number of amides is 1. The number of rotatable bonds is 4. The van der Waals surface area contributed by atoms with Crippen molar-refractivity contribution in [2.45, 2.75) is 70.6 Å². The minimum atomic E-state index is 0.0338. The van der Waals surface area contributed by atoms with Gasteiger partial charge in [-0.3, -0.25) is 4.79 Å². The van der Waals surface area contributed by atoms with Crippen LogP contribution in [0.4, 0.5) is 17.2 Å². The van der Waals surface area contributed by atoms with Gasteiger partial charge in [-0.2, -0.15) is 0 Å². The second-order valence-corrected chi connectivity index (χ2v) is 9.56.